The topological polar surface area (TPSA) is 30.5 Å². The first-order chi connectivity index (χ1) is 9.25. The molecule has 0 unspecified atom stereocenters. The molecule has 0 atom stereocenters. The molecule has 1 N–H and O–H groups in total. The van der Waals surface area contributed by atoms with Gasteiger partial charge < -0.3 is 14.8 Å². The summed E-state index contributed by atoms with van der Waals surface area (Å²) in [6.07, 6.45) is 0. The minimum Gasteiger partial charge on any atom is -0.454 e. The third-order valence-corrected chi connectivity index (χ3v) is 3.53. The molecule has 0 saturated heterocycles. The summed E-state index contributed by atoms with van der Waals surface area (Å²) < 4.78 is 10.8. The Hall–Kier alpha value is -1.58. The molecule has 2 aromatic rings. The maximum Gasteiger partial charge on any atom is 0.231 e. The summed E-state index contributed by atoms with van der Waals surface area (Å²) in [5.74, 6) is 1.54. The lowest BCUT2D eigenvalue weighted by Gasteiger charge is -2.11. The van der Waals surface area contributed by atoms with E-state index in [2.05, 4.69) is 5.32 Å². The molecule has 5 heteroatoms. The highest BCUT2D eigenvalue weighted by molar-refractivity contribution is 6.39. The molecule has 0 fully saturated rings. The van der Waals surface area contributed by atoms with Crippen LogP contribution in [0.1, 0.15) is 5.56 Å². The standard InChI is InChI=1S/C14H11Cl2NO2/c15-10-4-2-5-11(16)13(10)17-7-9-3-1-6-12-14(9)19-8-18-12/h1-6,17H,7-8H2. The molecule has 1 heterocycles. The molecule has 1 aliphatic rings. The van der Waals surface area contributed by atoms with Crippen LogP contribution in [0.4, 0.5) is 5.69 Å². The van der Waals surface area contributed by atoms with E-state index in [1.54, 1.807) is 12.1 Å². The third-order valence-electron chi connectivity index (χ3n) is 2.90. The van der Waals surface area contributed by atoms with Crippen molar-refractivity contribution in [3.63, 3.8) is 0 Å². The number of rotatable bonds is 3. The van der Waals surface area contributed by atoms with Gasteiger partial charge in [-0.15, -0.1) is 0 Å². The van der Waals surface area contributed by atoms with Crippen molar-refractivity contribution in [2.24, 2.45) is 0 Å². The largest absolute Gasteiger partial charge is 0.454 e. The normalized spacial score (nSPS) is 12.5. The summed E-state index contributed by atoms with van der Waals surface area (Å²) in [6.45, 7) is 0.829. The molecule has 0 spiro atoms. The van der Waals surface area contributed by atoms with E-state index in [-0.39, 0.29) is 6.79 Å². The Morgan fingerprint density at radius 2 is 1.74 bits per heavy atom. The second kappa shape index (κ2) is 5.19. The van der Waals surface area contributed by atoms with E-state index in [1.807, 2.05) is 24.3 Å². The zero-order chi connectivity index (χ0) is 13.2. The first kappa shape index (κ1) is 12.5. The minimum atomic E-state index is 0.263. The van der Waals surface area contributed by atoms with Crippen LogP contribution in [-0.4, -0.2) is 6.79 Å². The average molecular weight is 296 g/mol. The first-order valence-corrected chi connectivity index (χ1v) is 6.56. The maximum absolute atomic E-state index is 6.11. The van der Waals surface area contributed by atoms with Crippen molar-refractivity contribution in [3.8, 4) is 11.5 Å². The Labute approximate surface area is 121 Å². The van der Waals surface area contributed by atoms with Crippen LogP contribution in [0.5, 0.6) is 11.5 Å². The third kappa shape index (κ3) is 2.44. The van der Waals surface area contributed by atoms with Crippen LogP contribution in [0, 0.1) is 0 Å². The number of fused-ring (bicyclic) bond motifs is 1. The average Bonchev–Trinajstić information content (AvgIpc) is 2.87. The van der Waals surface area contributed by atoms with Crippen molar-refractivity contribution in [3.05, 3.63) is 52.0 Å². The van der Waals surface area contributed by atoms with Gasteiger partial charge in [-0.1, -0.05) is 41.4 Å². The summed E-state index contributed by atoms with van der Waals surface area (Å²) in [5.41, 5.74) is 1.73. The Kier molecular flexibility index (Phi) is 3.40. The maximum atomic E-state index is 6.11. The predicted molar refractivity (Wildman–Crippen MR) is 76.4 cm³/mol. The van der Waals surface area contributed by atoms with Crippen LogP contribution >= 0.6 is 23.2 Å². The fraction of sp³-hybridized carbons (Fsp3) is 0.143. The van der Waals surface area contributed by atoms with Crippen molar-refractivity contribution >= 4 is 28.9 Å². The summed E-state index contributed by atoms with van der Waals surface area (Å²) in [5, 5.41) is 4.42. The van der Waals surface area contributed by atoms with Crippen molar-refractivity contribution in [2.75, 3.05) is 12.1 Å². The fourth-order valence-electron chi connectivity index (χ4n) is 1.98. The van der Waals surface area contributed by atoms with Crippen LogP contribution in [0.2, 0.25) is 10.0 Å². The molecule has 1 aliphatic heterocycles. The summed E-state index contributed by atoms with van der Waals surface area (Å²) >= 11 is 12.2. The Bertz CT molecular complexity index is 596. The zero-order valence-corrected chi connectivity index (χ0v) is 11.5. The van der Waals surface area contributed by atoms with Gasteiger partial charge in [0.05, 0.1) is 15.7 Å². The second-order valence-corrected chi connectivity index (χ2v) is 4.92. The Morgan fingerprint density at radius 3 is 2.53 bits per heavy atom. The molecule has 0 amide bonds. The highest BCUT2D eigenvalue weighted by Crippen LogP contribution is 2.36. The van der Waals surface area contributed by atoms with Crippen LogP contribution < -0.4 is 14.8 Å². The van der Waals surface area contributed by atoms with Gasteiger partial charge in [-0.2, -0.15) is 0 Å². The van der Waals surface area contributed by atoms with E-state index >= 15 is 0 Å². The van der Waals surface area contributed by atoms with Crippen LogP contribution in [-0.2, 0) is 6.54 Å². The molecule has 19 heavy (non-hydrogen) atoms. The summed E-state index contributed by atoms with van der Waals surface area (Å²) in [4.78, 5) is 0. The minimum absolute atomic E-state index is 0.263. The molecular formula is C14H11Cl2NO2. The number of hydrogen-bond donors (Lipinski definition) is 1. The lowest BCUT2D eigenvalue weighted by Crippen LogP contribution is -2.02. The van der Waals surface area contributed by atoms with Gasteiger partial charge >= 0.3 is 0 Å². The van der Waals surface area contributed by atoms with Crippen molar-refractivity contribution in [1.82, 2.24) is 0 Å². The quantitative estimate of drug-likeness (QED) is 0.914. The molecule has 0 bridgehead atoms. The molecule has 0 aliphatic carbocycles. The van der Waals surface area contributed by atoms with Crippen molar-refractivity contribution < 1.29 is 9.47 Å². The second-order valence-electron chi connectivity index (χ2n) is 4.10. The smallest absolute Gasteiger partial charge is 0.231 e. The Balaban J connectivity index is 1.82. The zero-order valence-electron chi connectivity index (χ0n) is 9.95. The molecule has 3 rings (SSSR count). The summed E-state index contributed by atoms with van der Waals surface area (Å²) in [7, 11) is 0. The van der Waals surface area contributed by atoms with Gasteiger partial charge in [-0.25, -0.2) is 0 Å². The van der Waals surface area contributed by atoms with E-state index in [1.165, 1.54) is 0 Å². The van der Waals surface area contributed by atoms with Gasteiger partial charge in [0.15, 0.2) is 11.5 Å². The summed E-state index contributed by atoms with van der Waals surface area (Å²) in [6, 6.07) is 11.2. The SMILES string of the molecule is Clc1cccc(Cl)c1NCc1cccc2c1OCO2. The van der Waals surface area contributed by atoms with E-state index in [9.17, 15) is 0 Å². The van der Waals surface area contributed by atoms with Gasteiger partial charge in [-0.05, 0) is 18.2 Å². The van der Waals surface area contributed by atoms with Crippen LogP contribution in [0.15, 0.2) is 36.4 Å². The van der Waals surface area contributed by atoms with Gasteiger partial charge in [0.2, 0.25) is 6.79 Å². The molecule has 2 aromatic carbocycles. The van der Waals surface area contributed by atoms with E-state index in [0.717, 1.165) is 22.7 Å². The predicted octanol–water partition coefficient (Wildman–Crippen LogP) is 4.33. The van der Waals surface area contributed by atoms with E-state index < -0.39 is 0 Å². The van der Waals surface area contributed by atoms with Crippen LogP contribution in [0.25, 0.3) is 0 Å². The van der Waals surface area contributed by atoms with Crippen molar-refractivity contribution in [1.29, 1.82) is 0 Å². The number of anilines is 1. The van der Waals surface area contributed by atoms with E-state index in [0.29, 0.717) is 16.6 Å². The lowest BCUT2D eigenvalue weighted by atomic mass is 10.2. The number of nitrogens with one attached hydrogen (secondary N) is 1. The monoisotopic (exact) mass is 295 g/mol. The lowest BCUT2D eigenvalue weighted by molar-refractivity contribution is 0.173. The molecule has 3 nitrogen and oxygen atoms in total. The molecule has 98 valence electrons. The van der Waals surface area contributed by atoms with Gasteiger partial charge in [-0.3, -0.25) is 0 Å². The molecule has 0 saturated carbocycles. The number of hydrogen-bond acceptors (Lipinski definition) is 3. The van der Waals surface area contributed by atoms with E-state index in [4.69, 9.17) is 32.7 Å². The molecular weight excluding hydrogens is 285 g/mol. The molecule has 0 radical (unpaired) electrons. The van der Waals surface area contributed by atoms with Crippen molar-refractivity contribution in [2.45, 2.75) is 6.54 Å². The number of para-hydroxylation sites is 2. The number of halogens is 2. The van der Waals surface area contributed by atoms with Crippen LogP contribution in [0.3, 0.4) is 0 Å². The van der Waals surface area contributed by atoms with Gasteiger partial charge in [0.1, 0.15) is 0 Å². The highest BCUT2D eigenvalue weighted by Gasteiger charge is 2.17. The molecule has 0 aromatic heterocycles. The first-order valence-electron chi connectivity index (χ1n) is 5.81. The Morgan fingerprint density at radius 1 is 1.00 bits per heavy atom. The number of ether oxygens (including phenoxy) is 2. The number of benzene rings is 2. The fourth-order valence-corrected chi connectivity index (χ4v) is 2.51. The van der Waals surface area contributed by atoms with Gasteiger partial charge in [0, 0.05) is 12.1 Å². The van der Waals surface area contributed by atoms with Gasteiger partial charge in [0.25, 0.3) is 0 Å². The highest BCUT2D eigenvalue weighted by atomic mass is 35.5.